The Bertz CT molecular complexity index is 1250. The van der Waals surface area contributed by atoms with Crippen LogP contribution in [0.15, 0.2) is 30.3 Å². The third kappa shape index (κ3) is 4.83. The van der Waals surface area contributed by atoms with E-state index in [1.165, 1.54) is 9.58 Å². The average molecular weight is 472 g/mol. The molecule has 1 saturated carbocycles. The van der Waals surface area contributed by atoms with Gasteiger partial charge in [-0.2, -0.15) is 5.10 Å². The van der Waals surface area contributed by atoms with Crippen molar-refractivity contribution in [1.29, 1.82) is 0 Å². The van der Waals surface area contributed by atoms with Crippen LogP contribution in [-0.4, -0.2) is 45.4 Å². The fourth-order valence-electron chi connectivity index (χ4n) is 3.68. The van der Waals surface area contributed by atoms with E-state index in [-0.39, 0.29) is 47.9 Å². The third-order valence-electron chi connectivity index (χ3n) is 5.65. The van der Waals surface area contributed by atoms with Crippen LogP contribution in [0.2, 0.25) is 5.02 Å². The molecule has 0 aliphatic heterocycles. The van der Waals surface area contributed by atoms with E-state index in [1.54, 1.807) is 37.3 Å². The summed E-state index contributed by atoms with van der Waals surface area (Å²) in [5, 5.41) is 7.46. The molecule has 0 saturated heterocycles. The summed E-state index contributed by atoms with van der Waals surface area (Å²) in [6, 6.07) is 8.23. The van der Waals surface area contributed by atoms with E-state index < -0.39 is 11.7 Å². The molecular weight excluding hydrogens is 449 g/mol. The molecule has 1 aliphatic rings. The second-order valence-electron chi connectivity index (χ2n) is 8.14. The van der Waals surface area contributed by atoms with Gasteiger partial charge in [-0.25, -0.2) is 4.39 Å². The van der Waals surface area contributed by atoms with Crippen molar-refractivity contribution >= 4 is 46.3 Å². The van der Waals surface area contributed by atoms with Gasteiger partial charge >= 0.3 is 0 Å². The lowest BCUT2D eigenvalue weighted by atomic mass is 10.1. The number of aldehydes is 1. The highest BCUT2D eigenvalue weighted by Crippen LogP contribution is 2.28. The van der Waals surface area contributed by atoms with Crippen LogP contribution in [-0.2, 0) is 22.7 Å². The number of hydrogen-bond acceptors (Lipinski definition) is 5. The normalized spacial score (nSPS) is 13.2. The Balaban J connectivity index is 1.44. The number of aromatic nitrogens is 2. The van der Waals surface area contributed by atoms with Crippen LogP contribution in [0.5, 0.6) is 0 Å². The zero-order valence-corrected chi connectivity index (χ0v) is 18.7. The van der Waals surface area contributed by atoms with E-state index in [2.05, 4.69) is 10.4 Å². The largest absolute Gasteiger partial charge is 0.399 e. The summed E-state index contributed by atoms with van der Waals surface area (Å²) in [6.07, 6.45) is 2.22. The first kappa shape index (κ1) is 22.7. The van der Waals surface area contributed by atoms with Gasteiger partial charge in [-0.3, -0.25) is 19.1 Å². The van der Waals surface area contributed by atoms with E-state index in [4.69, 9.17) is 17.3 Å². The van der Waals surface area contributed by atoms with Crippen LogP contribution in [0.25, 0.3) is 10.9 Å². The number of carbonyl (C=O) groups is 3. The Labute approximate surface area is 194 Å². The van der Waals surface area contributed by atoms with Crippen LogP contribution in [0.1, 0.15) is 34.5 Å². The minimum absolute atomic E-state index is 0.0273. The van der Waals surface area contributed by atoms with Gasteiger partial charge in [0.1, 0.15) is 18.1 Å². The van der Waals surface area contributed by atoms with E-state index in [0.29, 0.717) is 28.4 Å². The topological polar surface area (TPSA) is 110 Å². The number of amides is 2. The minimum atomic E-state index is -0.565. The summed E-state index contributed by atoms with van der Waals surface area (Å²) in [7, 11) is 0. The summed E-state index contributed by atoms with van der Waals surface area (Å²) in [6.45, 7) is 1.38. The third-order valence-corrected chi connectivity index (χ3v) is 6.12. The number of nitrogens with one attached hydrogen (secondary N) is 1. The molecule has 3 aromatic rings. The van der Waals surface area contributed by atoms with Crippen molar-refractivity contribution in [3.05, 3.63) is 58.0 Å². The highest BCUT2D eigenvalue weighted by atomic mass is 35.5. The van der Waals surface area contributed by atoms with Crippen LogP contribution in [0.4, 0.5) is 10.1 Å². The number of nitrogens with two attached hydrogens (primary N) is 1. The van der Waals surface area contributed by atoms with Crippen molar-refractivity contribution in [2.45, 2.75) is 38.9 Å². The molecule has 2 aromatic carbocycles. The molecule has 1 aromatic heterocycles. The molecule has 1 fully saturated rings. The number of aryl methyl sites for hydroxylation is 1. The van der Waals surface area contributed by atoms with Crippen LogP contribution < -0.4 is 11.1 Å². The molecule has 1 heterocycles. The Morgan fingerprint density at radius 1 is 1.33 bits per heavy atom. The molecule has 3 N–H and O–H groups in total. The van der Waals surface area contributed by atoms with Gasteiger partial charge in [0, 0.05) is 29.2 Å². The van der Waals surface area contributed by atoms with E-state index in [0.717, 1.165) is 12.8 Å². The predicted molar refractivity (Wildman–Crippen MR) is 122 cm³/mol. The van der Waals surface area contributed by atoms with Crippen molar-refractivity contribution in [2.75, 3.05) is 12.3 Å². The maximum Gasteiger partial charge on any atom is 0.245 e. The number of rotatable bonds is 8. The van der Waals surface area contributed by atoms with Gasteiger partial charge in [0.2, 0.25) is 11.8 Å². The van der Waals surface area contributed by atoms with Crippen molar-refractivity contribution in [1.82, 2.24) is 20.0 Å². The van der Waals surface area contributed by atoms with Crippen molar-refractivity contribution in [3.63, 3.8) is 0 Å². The molecule has 1 aliphatic carbocycles. The highest BCUT2D eigenvalue weighted by Gasteiger charge is 2.34. The maximum absolute atomic E-state index is 14.3. The van der Waals surface area contributed by atoms with Gasteiger partial charge in [-0.15, -0.1) is 0 Å². The smallest absolute Gasteiger partial charge is 0.245 e. The van der Waals surface area contributed by atoms with Crippen LogP contribution in [0, 0.1) is 12.7 Å². The average Bonchev–Trinajstić information content (AvgIpc) is 3.58. The first-order valence-corrected chi connectivity index (χ1v) is 10.9. The zero-order valence-electron chi connectivity index (χ0n) is 18.0. The second-order valence-corrected chi connectivity index (χ2v) is 8.51. The summed E-state index contributed by atoms with van der Waals surface area (Å²) < 4.78 is 15.7. The molecular formula is C23H23ClFN5O3. The van der Waals surface area contributed by atoms with Gasteiger partial charge in [-0.05, 0) is 43.5 Å². The molecule has 4 rings (SSSR count). The predicted octanol–water partition coefficient (Wildman–Crippen LogP) is 2.84. The van der Waals surface area contributed by atoms with Gasteiger partial charge in [0.15, 0.2) is 6.29 Å². The standard InChI is InChI=1S/C23H23ClFN5O3/c1-13-2-3-14(23(25)22(13)24)9-27-20(32)10-29(16-5-6-16)21(33)11-30-19-7-4-15(26)8-17(19)18(12-31)28-30/h2-4,7-8,12,16H,5-6,9-11,26H2,1H3,(H,27,32). The molecule has 33 heavy (non-hydrogen) atoms. The quantitative estimate of drug-likeness (QED) is 0.387. The van der Waals surface area contributed by atoms with Gasteiger partial charge in [-0.1, -0.05) is 23.7 Å². The fraction of sp³-hybridized carbons (Fsp3) is 0.304. The molecule has 0 spiro atoms. The summed E-state index contributed by atoms with van der Waals surface area (Å²) >= 11 is 5.94. The first-order chi connectivity index (χ1) is 15.8. The lowest BCUT2D eigenvalue weighted by molar-refractivity contribution is -0.137. The molecule has 8 nitrogen and oxygen atoms in total. The highest BCUT2D eigenvalue weighted by molar-refractivity contribution is 6.31. The van der Waals surface area contributed by atoms with Gasteiger partial charge in [0.05, 0.1) is 17.1 Å². The lowest BCUT2D eigenvalue weighted by Gasteiger charge is -2.22. The first-order valence-electron chi connectivity index (χ1n) is 10.5. The lowest BCUT2D eigenvalue weighted by Crippen LogP contribution is -2.43. The molecule has 10 heteroatoms. The number of nitrogens with zero attached hydrogens (tertiary/aromatic N) is 3. The van der Waals surface area contributed by atoms with Gasteiger partial charge in [0.25, 0.3) is 0 Å². The van der Waals surface area contributed by atoms with Crippen LogP contribution >= 0.6 is 11.6 Å². The maximum atomic E-state index is 14.3. The molecule has 0 radical (unpaired) electrons. The Morgan fingerprint density at radius 3 is 2.79 bits per heavy atom. The minimum Gasteiger partial charge on any atom is -0.399 e. The summed E-state index contributed by atoms with van der Waals surface area (Å²) in [5.74, 6) is -1.27. The Morgan fingerprint density at radius 2 is 2.09 bits per heavy atom. The molecule has 2 amide bonds. The fourth-order valence-corrected chi connectivity index (χ4v) is 3.87. The summed E-state index contributed by atoms with van der Waals surface area (Å²) in [5.41, 5.74) is 7.97. The van der Waals surface area contributed by atoms with Crippen molar-refractivity contribution < 1.29 is 18.8 Å². The monoisotopic (exact) mass is 471 g/mol. The van der Waals surface area contributed by atoms with Gasteiger partial charge < -0.3 is 16.0 Å². The number of benzene rings is 2. The van der Waals surface area contributed by atoms with E-state index in [1.807, 2.05) is 0 Å². The van der Waals surface area contributed by atoms with Crippen LogP contribution in [0.3, 0.4) is 0 Å². The number of fused-ring (bicyclic) bond motifs is 1. The number of nitrogen functional groups attached to an aromatic ring is 1. The second kappa shape index (κ2) is 9.19. The number of hydrogen-bond donors (Lipinski definition) is 2. The molecule has 0 bridgehead atoms. The Hall–Kier alpha value is -3.46. The van der Waals surface area contributed by atoms with Crippen molar-refractivity contribution in [2.24, 2.45) is 0 Å². The molecule has 172 valence electrons. The number of halogens is 2. The zero-order chi connectivity index (χ0) is 23.7. The number of carbonyl (C=O) groups excluding carboxylic acids is 3. The Kier molecular flexibility index (Phi) is 6.33. The summed E-state index contributed by atoms with van der Waals surface area (Å²) in [4.78, 5) is 38.5. The van der Waals surface area contributed by atoms with Crippen molar-refractivity contribution in [3.8, 4) is 0 Å². The molecule has 0 unspecified atom stereocenters. The number of anilines is 1. The molecule has 0 atom stereocenters. The SMILES string of the molecule is Cc1ccc(CNC(=O)CN(C(=O)Cn2nc(C=O)c3cc(N)ccc32)C2CC2)c(F)c1Cl. The van der Waals surface area contributed by atoms with E-state index >= 15 is 0 Å². The van der Waals surface area contributed by atoms with E-state index in [9.17, 15) is 18.8 Å².